The summed E-state index contributed by atoms with van der Waals surface area (Å²) >= 11 is 2.96. The van der Waals surface area contributed by atoms with Crippen molar-refractivity contribution in [3.63, 3.8) is 0 Å². The number of β-lactam (4-membered cyclic amide) rings is 1. The van der Waals surface area contributed by atoms with Gasteiger partial charge in [-0.15, -0.1) is 23.1 Å². The van der Waals surface area contributed by atoms with Crippen molar-refractivity contribution in [1.82, 2.24) is 15.2 Å². The van der Waals surface area contributed by atoms with Gasteiger partial charge >= 0.3 is 5.97 Å². The Kier molecular flexibility index (Phi) is 5.90. The lowest BCUT2D eigenvalue weighted by Gasteiger charge is -2.46. The van der Waals surface area contributed by atoms with Gasteiger partial charge in [-0.3, -0.25) is 9.59 Å². The molecular formula is C22H28N4O5S2. The van der Waals surface area contributed by atoms with Gasteiger partial charge < -0.3 is 25.3 Å². The number of aliphatic hydroxyl groups excluding tert-OH is 1. The van der Waals surface area contributed by atoms with Gasteiger partial charge in [0.15, 0.2) is 5.13 Å². The molecule has 4 aliphatic rings. The Morgan fingerprint density at radius 3 is 2.64 bits per heavy atom. The SMILES string of the molecule is CC(O)C1C(=O)N2C(C(=O)O)=C(SC3CN(c4nc(C(=O)NC5CCCC5)cs4)C3)[C@H](C)C12. The highest BCUT2D eigenvalue weighted by Crippen LogP contribution is 2.52. The first-order chi connectivity index (χ1) is 15.8. The number of aliphatic hydroxyl groups is 1. The fourth-order valence-electron chi connectivity index (χ4n) is 5.37. The number of carbonyl (C=O) groups is 3. The van der Waals surface area contributed by atoms with Crippen LogP contribution in [0.25, 0.3) is 0 Å². The number of rotatable bonds is 7. The predicted molar refractivity (Wildman–Crippen MR) is 125 cm³/mol. The summed E-state index contributed by atoms with van der Waals surface area (Å²) in [5.41, 5.74) is 0.517. The van der Waals surface area contributed by atoms with E-state index in [1.54, 1.807) is 12.3 Å². The third kappa shape index (κ3) is 3.83. The number of carboxylic acids is 1. The van der Waals surface area contributed by atoms with Crippen molar-refractivity contribution in [3.8, 4) is 0 Å². The Bertz CT molecular complexity index is 1010. The molecule has 9 nitrogen and oxygen atoms in total. The number of nitrogens with one attached hydrogen (secondary N) is 1. The van der Waals surface area contributed by atoms with Gasteiger partial charge in [-0.2, -0.15) is 0 Å². The van der Waals surface area contributed by atoms with E-state index in [1.807, 2.05) is 6.92 Å². The van der Waals surface area contributed by atoms with Gasteiger partial charge in [0.2, 0.25) is 5.91 Å². The normalized spacial score (nSPS) is 28.6. The number of amides is 2. The van der Waals surface area contributed by atoms with Crippen LogP contribution in [0.15, 0.2) is 16.0 Å². The lowest BCUT2D eigenvalue weighted by molar-refractivity contribution is -0.163. The Morgan fingerprint density at radius 1 is 1.30 bits per heavy atom. The van der Waals surface area contributed by atoms with Gasteiger partial charge in [-0.1, -0.05) is 19.8 Å². The van der Waals surface area contributed by atoms with Gasteiger partial charge in [0.1, 0.15) is 11.4 Å². The molecule has 4 heterocycles. The summed E-state index contributed by atoms with van der Waals surface area (Å²) in [4.78, 5) is 45.5. The van der Waals surface area contributed by atoms with E-state index in [-0.39, 0.29) is 40.8 Å². The van der Waals surface area contributed by atoms with E-state index in [9.17, 15) is 24.6 Å². The minimum atomic E-state index is -1.10. The number of nitrogens with zero attached hydrogens (tertiary/aromatic N) is 3. The minimum absolute atomic E-state index is 0.0676. The summed E-state index contributed by atoms with van der Waals surface area (Å²) in [5, 5.41) is 25.6. The van der Waals surface area contributed by atoms with Gasteiger partial charge in [0.05, 0.1) is 18.1 Å². The number of fused-ring (bicyclic) bond motifs is 1. The molecule has 4 atom stereocenters. The van der Waals surface area contributed by atoms with Crippen LogP contribution in [0, 0.1) is 11.8 Å². The average Bonchev–Trinajstić information content (AvgIpc) is 3.44. The maximum Gasteiger partial charge on any atom is 0.353 e. The quantitative estimate of drug-likeness (QED) is 0.493. The van der Waals surface area contributed by atoms with Crippen LogP contribution < -0.4 is 10.2 Å². The summed E-state index contributed by atoms with van der Waals surface area (Å²) in [6, 6.07) is -0.0361. The van der Waals surface area contributed by atoms with Gasteiger partial charge in [0.25, 0.3) is 5.91 Å². The number of hydrogen-bond donors (Lipinski definition) is 3. The molecule has 1 saturated carbocycles. The molecule has 0 spiro atoms. The maximum absolute atomic E-state index is 12.5. The Morgan fingerprint density at radius 2 is 2.00 bits per heavy atom. The minimum Gasteiger partial charge on any atom is -0.477 e. The van der Waals surface area contributed by atoms with Crippen molar-refractivity contribution in [2.75, 3.05) is 18.0 Å². The number of hydrogen-bond acceptors (Lipinski definition) is 8. The molecule has 3 N–H and O–H groups in total. The molecule has 3 unspecified atom stereocenters. The molecular weight excluding hydrogens is 464 g/mol. The molecule has 0 radical (unpaired) electrons. The zero-order valence-electron chi connectivity index (χ0n) is 18.6. The Labute approximate surface area is 200 Å². The van der Waals surface area contributed by atoms with Crippen molar-refractivity contribution in [3.05, 3.63) is 21.7 Å². The largest absolute Gasteiger partial charge is 0.477 e. The highest BCUT2D eigenvalue weighted by molar-refractivity contribution is 8.03. The first kappa shape index (κ1) is 22.7. The number of aliphatic carboxylic acids is 1. The number of carboxylic acid groups (broad SMARTS) is 1. The Balaban J connectivity index is 1.21. The van der Waals surface area contributed by atoms with Crippen LogP contribution in [0.2, 0.25) is 0 Å². The summed E-state index contributed by atoms with van der Waals surface area (Å²) in [7, 11) is 0. The molecule has 1 aromatic rings. The second-order valence-corrected chi connectivity index (χ2v) is 11.6. The van der Waals surface area contributed by atoms with Crippen LogP contribution in [0.3, 0.4) is 0 Å². The van der Waals surface area contributed by atoms with E-state index in [0.717, 1.165) is 30.8 Å². The first-order valence-electron chi connectivity index (χ1n) is 11.4. The van der Waals surface area contributed by atoms with Crippen LogP contribution in [0.1, 0.15) is 50.0 Å². The lowest BCUT2D eigenvalue weighted by Crippen LogP contribution is -2.63. The average molecular weight is 493 g/mol. The molecule has 1 aromatic heterocycles. The van der Waals surface area contributed by atoms with Crippen LogP contribution in [0.4, 0.5) is 5.13 Å². The molecule has 3 aliphatic heterocycles. The topological polar surface area (TPSA) is 123 Å². The number of thioether (sulfide) groups is 1. The molecule has 1 aliphatic carbocycles. The van der Waals surface area contributed by atoms with Gasteiger partial charge in [0, 0.05) is 40.6 Å². The Hall–Kier alpha value is -2.11. The second-order valence-electron chi connectivity index (χ2n) is 9.39. The second kappa shape index (κ2) is 8.59. The van der Waals surface area contributed by atoms with Crippen molar-refractivity contribution in [2.24, 2.45) is 11.8 Å². The molecule has 33 heavy (non-hydrogen) atoms. The van der Waals surface area contributed by atoms with Gasteiger partial charge in [-0.05, 0) is 19.8 Å². The van der Waals surface area contributed by atoms with Crippen LogP contribution in [-0.4, -0.2) is 74.4 Å². The van der Waals surface area contributed by atoms with E-state index in [2.05, 4.69) is 15.2 Å². The fraction of sp³-hybridized carbons (Fsp3) is 0.636. The monoisotopic (exact) mass is 492 g/mol. The zero-order chi connectivity index (χ0) is 23.4. The molecule has 5 rings (SSSR count). The fourth-order valence-corrected chi connectivity index (χ4v) is 7.72. The summed E-state index contributed by atoms with van der Waals surface area (Å²) in [6.45, 7) is 4.91. The number of thiazole rings is 1. The molecule has 3 fully saturated rings. The summed E-state index contributed by atoms with van der Waals surface area (Å²) < 4.78 is 0. The van der Waals surface area contributed by atoms with E-state index in [0.29, 0.717) is 23.7 Å². The van der Waals surface area contributed by atoms with E-state index < -0.39 is 18.0 Å². The lowest BCUT2D eigenvalue weighted by atomic mass is 9.79. The molecule has 0 aromatic carbocycles. The van der Waals surface area contributed by atoms with E-state index >= 15 is 0 Å². The maximum atomic E-state index is 12.5. The van der Waals surface area contributed by atoms with Gasteiger partial charge in [-0.25, -0.2) is 9.78 Å². The highest BCUT2D eigenvalue weighted by Gasteiger charge is 2.60. The molecule has 11 heteroatoms. The van der Waals surface area contributed by atoms with Crippen LogP contribution >= 0.6 is 23.1 Å². The van der Waals surface area contributed by atoms with Crippen molar-refractivity contribution < 1.29 is 24.6 Å². The van der Waals surface area contributed by atoms with E-state index in [4.69, 9.17) is 0 Å². The number of anilines is 1. The first-order valence-corrected chi connectivity index (χ1v) is 13.2. The number of aromatic nitrogens is 1. The van der Waals surface area contributed by atoms with Crippen molar-refractivity contribution in [1.29, 1.82) is 0 Å². The third-order valence-electron chi connectivity index (χ3n) is 7.14. The molecule has 2 amide bonds. The molecule has 2 saturated heterocycles. The smallest absolute Gasteiger partial charge is 0.353 e. The summed E-state index contributed by atoms with van der Waals surface area (Å²) in [6.07, 6.45) is 3.57. The van der Waals surface area contributed by atoms with E-state index in [1.165, 1.54) is 28.0 Å². The summed E-state index contributed by atoms with van der Waals surface area (Å²) in [5.74, 6) is -2.20. The van der Waals surface area contributed by atoms with Crippen LogP contribution in [0.5, 0.6) is 0 Å². The number of carbonyl (C=O) groups excluding carboxylic acids is 2. The molecule has 0 bridgehead atoms. The van der Waals surface area contributed by atoms with Crippen molar-refractivity contribution in [2.45, 2.75) is 63.0 Å². The third-order valence-corrected chi connectivity index (χ3v) is 9.49. The standard InChI is InChI=1S/C22H28N4O5S2/c1-10-16-15(11(2)27)20(29)26(16)17(21(30)31)18(10)33-13-7-25(8-13)22-24-14(9-32-22)19(28)23-12-5-3-4-6-12/h9-13,15-16,27H,3-8H2,1-2H3,(H,23,28)(H,30,31)/t10-,11?,15?,16?/m1/s1. The van der Waals surface area contributed by atoms with Crippen LogP contribution in [-0.2, 0) is 9.59 Å². The van der Waals surface area contributed by atoms with Crippen molar-refractivity contribution >= 4 is 46.0 Å². The zero-order valence-corrected chi connectivity index (χ0v) is 20.2. The predicted octanol–water partition coefficient (Wildman–Crippen LogP) is 1.89. The highest BCUT2D eigenvalue weighted by atomic mass is 32.2. The molecule has 178 valence electrons.